The van der Waals surface area contributed by atoms with E-state index in [4.69, 9.17) is 9.15 Å². The quantitative estimate of drug-likeness (QED) is 0.181. The van der Waals surface area contributed by atoms with Gasteiger partial charge in [-0.1, -0.05) is 15.9 Å². The number of hydrogen-bond acceptors (Lipinski definition) is 7. The summed E-state index contributed by atoms with van der Waals surface area (Å²) in [5, 5.41) is 15.4. The van der Waals surface area contributed by atoms with Crippen molar-refractivity contribution in [3.63, 3.8) is 0 Å². The zero-order valence-electron chi connectivity index (χ0n) is 16.0. The Morgan fingerprint density at radius 3 is 2.62 bits per heavy atom. The van der Waals surface area contributed by atoms with Crippen LogP contribution in [0.4, 0.5) is 5.69 Å². The Morgan fingerprint density at radius 2 is 1.94 bits per heavy atom. The summed E-state index contributed by atoms with van der Waals surface area (Å²) in [6.07, 6.45) is 2.60. The molecule has 0 aliphatic heterocycles. The number of rotatable bonds is 6. The second-order valence-corrected chi connectivity index (χ2v) is 8.17. The lowest BCUT2D eigenvalue weighted by atomic mass is 10.2. The monoisotopic (exact) mass is 558 g/mol. The van der Waals surface area contributed by atoms with Gasteiger partial charge in [-0.25, -0.2) is 10.4 Å². The minimum absolute atomic E-state index is 0.117. The second-order valence-electron chi connectivity index (χ2n) is 6.40. The number of furan rings is 1. The SMILES string of the molecule is O=C(N/N=C\c1ccc(Oc2ccc([N+](=O)[O-])cn2)cc1)c1cc2cc(Br)cc(Br)c2o1. The number of hydrogen-bond donors (Lipinski definition) is 1. The topological polar surface area (TPSA) is 120 Å². The molecule has 2 heterocycles. The van der Waals surface area contributed by atoms with Crippen LogP contribution < -0.4 is 10.2 Å². The Kier molecular flexibility index (Phi) is 6.28. The summed E-state index contributed by atoms with van der Waals surface area (Å²) >= 11 is 6.80. The Hall–Kier alpha value is -3.57. The molecule has 32 heavy (non-hydrogen) atoms. The molecular formula is C21H12Br2N4O5. The number of ether oxygens (including phenoxy) is 1. The van der Waals surface area contributed by atoms with Gasteiger partial charge in [-0.3, -0.25) is 14.9 Å². The molecule has 0 aliphatic carbocycles. The maximum atomic E-state index is 12.3. The fourth-order valence-electron chi connectivity index (χ4n) is 2.69. The van der Waals surface area contributed by atoms with Crippen LogP contribution >= 0.6 is 31.9 Å². The highest BCUT2D eigenvalue weighted by atomic mass is 79.9. The summed E-state index contributed by atoms with van der Waals surface area (Å²) in [5.74, 6) is 0.375. The number of aromatic nitrogens is 1. The number of carbonyl (C=O) groups is 1. The lowest BCUT2D eigenvalue weighted by molar-refractivity contribution is -0.385. The molecule has 0 saturated heterocycles. The summed E-state index contributed by atoms with van der Waals surface area (Å²) in [6, 6.07) is 14.9. The minimum atomic E-state index is -0.532. The maximum Gasteiger partial charge on any atom is 0.307 e. The Morgan fingerprint density at radius 1 is 1.16 bits per heavy atom. The molecule has 0 fully saturated rings. The van der Waals surface area contributed by atoms with Crippen LogP contribution in [-0.2, 0) is 0 Å². The zero-order valence-corrected chi connectivity index (χ0v) is 19.2. The number of nitrogens with one attached hydrogen (secondary N) is 1. The zero-order chi connectivity index (χ0) is 22.7. The second kappa shape index (κ2) is 9.28. The van der Waals surface area contributed by atoms with E-state index in [1.807, 2.05) is 12.1 Å². The van der Waals surface area contributed by atoms with Crippen molar-refractivity contribution in [3.05, 3.63) is 91.2 Å². The van der Waals surface area contributed by atoms with Gasteiger partial charge < -0.3 is 9.15 Å². The van der Waals surface area contributed by atoms with Gasteiger partial charge >= 0.3 is 5.91 Å². The van der Waals surface area contributed by atoms with Gasteiger partial charge in [0, 0.05) is 22.0 Å². The minimum Gasteiger partial charge on any atom is -0.450 e. The molecule has 11 heteroatoms. The van der Waals surface area contributed by atoms with E-state index in [0.717, 1.165) is 20.5 Å². The van der Waals surface area contributed by atoms with Gasteiger partial charge in [-0.05, 0) is 64.0 Å². The molecule has 4 aromatic rings. The van der Waals surface area contributed by atoms with E-state index >= 15 is 0 Å². The maximum absolute atomic E-state index is 12.3. The van der Waals surface area contributed by atoms with Crippen molar-refractivity contribution < 1.29 is 18.9 Å². The number of nitro groups is 1. The number of pyridine rings is 1. The third-order valence-corrected chi connectivity index (χ3v) is 5.22. The fourth-order valence-corrected chi connectivity index (χ4v) is 4.03. The molecule has 0 atom stereocenters. The molecule has 2 aromatic heterocycles. The lowest BCUT2D eigenvalue weighted by Gasteiger charge is -2.04. The average molecular weight is 560 g/mol. The van der Waals surface area contributed by atoms with Crippen LogP contribution in [0.25, 0.3) is 11.0 Å². The number of carbonyl (C=O) groups excluding carboxylic acids is 1. The average Bonchev–Trinajstić information content (AvgIpc) is 3.20. The Bertz CT molecular complexity index is 1340. The van der Waals surface area contributed by atoms with E-state index < -0.39 is 10.8 Å². The van der Waals surface area contributed by atoms with Gasteiger partial charge in [-0.2, -0.15) is 5.10 Å². The first kappa shape index (κ1) is 21.7. The van der Waals surface area contributed by atoms with Gasteiger partial charge in [0.2, 0.25) is 5.88 Å². The van der Waals surface area contributed by atoms with Crippen LogP contribution in [0.5, 0.6) is 11.6 Å². The molecule has 0 bridgehead atoms. The predicted octanol–water partition coefficient (Wildman–Crippen LogP) is 5.82. The van der Waals surface area contributed by atoms with Crippen molar-refractivity contribution >= 4 is 60.6 Å². The van der Waals surface area contributed by atoms with Crippen molar-refractivity contribution in [1.29, 1.82) is 0 Å². The molecule has 0 unspecified atom stereocenters. The standard InChI is InChI=1S/C21H12Br2N4O5/c22-14-7-13-8-18(32-20(13)17(23)9-14)21(28)26-25-10-12-1-4-16(5-2-12)31-19-6-3-15(11-24-19)27(29)30/h1-11H,(H,26,28)/b25-10-. The molecule has 0 saturated carbocycles. The molecule has 0 radical (unpaired) electrons. The third kappa shape index (κ3) is 5.01. The molecule has 1 N–H and O–H groups in total. The highest BCUT2D eigenvalue weighted by molar-refractivity contribution is 9.11. The molecule has 2 aromatic carbocycles. The van der Waals surface area contributed by atoms with E-state index in [1.54, 1.807) is 30.3 Å². The van der Waals surface area contributed by atoms with Crippen molar-refractivity contribution in [2.45, 2.75) is 0 Å². The van der Waals surface area contributed by atoms with E-state index in [9.17, 15) is 14.9 Å². The van der Waals surface area contributed by atoms with Crippen LogP contribution in [0.15, 0.2) is 79.3 Å². The number of halogens is 2. The number of fused-ring (bicyclic) bond motifs is 1. The van der Waals surface area contributed by atoms with Gasteiger partial charge in [-0.15, -0.1) is 0 Å². The van der Waals surface area contributed by atoms with Crippen LogP contribution in [0.2, 0.25) is 0 Å². The number of amides is 1. The predicted molar refractivity (Wildman–Crippen MR) is 124 cm³/mol. The highest BCUT2D eigenvalue weighted by Gasteiger charge is 2.14. The Labute approximate surface area is 197 Å². The highest BCUT2D eigenvalue weighted by Crippen LogP contribution is 2.31. The number of hydrazone groups is 1. The summed E-state index contributed by atoms with van der Waals surface area (Å²) < 4.78 is 12.7. The molecule has 9 nitrogen and oxygen atoms in total. The van der Waals surface area contributed by atoms with Crippen molar-refractivity contribution in [3.8, 4) is 11.6 Å². The first-order valence-electron chi connectivity index (χ1n) is 8.99. The van der Waals surface area contributed by atoms with E-state index in [2.05, 4.69) is 47.4 Å². The smallest absolute Gasteiger partial charge is 0.307 e. The molecule has 4 rings (SSSR count). The molecular weight excluding hydrogens is 548 g/mol. The number of benzene rings is 2. The first-order valence-corrected chi connectivity index (χ1v) is 10.6. The van der Waals surface area contributed by atoms with Gasteiger partial charge in [0.05, 0.1) is 15.6 Å². The van der Waals surface area contributed by atoms with Crippen molar-refractivity contribution in [2.75, 3.05) is 0 Å². The summed E-state index contributed by atoms with van der Waals surface area (Å²) in [7, 11) is 0. The fraction of sp³-hybridized carbons (Fsp3) is 0. The summed E-state index contributed by atoms with van der Waals surface area (Å²) in [6.45, 7) is 0. The van der Waals surface area contributed by atoms with Gasteiger partial charge in [0.15, 0.2) is 5.76 Å². The largest absolute Gasteiger partial charge is 0.450 e. The summed E-state index contributed by atoms with van der Waals surface area (Å²) in [5.41, 5.74) is 3.59. The molecule has 0 aliphatic rings. The first-order chi connectivity index (χ1) is 15.4. The lowest BCUT2D eigenvalue weighted by Crippen LogP contribution is -2.16. The van der Waals surface area contributed by atoms with Gasteiger partial charge in [0.1, 0.15) is 17.5 Å². The normalized spacial score (nSPS) is 11.1. The molecule has 160 valence electrons. The number of nitrogens with zero attached hydrogens (tertiary/aromatic N) is 3. The van der Waals surface area contributed by atoms with Crippen LogP contribution in [-0.4, -0.2) is 22.0 Å². The van der Waals surface area contributed by atoms with Crippen LogP contribution in [0, 0.1) is 10.1 Å². The van der Waals surface area contributed by atoms with E-state index in [1.165, 1.54) is 18.3 Å². The van der Waals surface area contributed by atoms with Crippen molar-refractivity contribution in [1.82, 2.24) is 10.4 Å². The van der Waals surface area contributed by atoms with Crippen LogP contribution in [0.1, 0.15) is 16.1 Å². The molecule has 1 amide bonds. The summed E-state index contributed by atoms with van der Waals surface area (Å²) in [4.78, 5) is 26.3. The Balaban J connectivity index is 1.37. The van der Waals surface area contributed by atoms with Gasteiger partial charge in [0.25, 0.3) is 5.69 Å². The van der Waals surface area contributed by atoms with Crippen LogP contribution in [0.3, 0.4) is 0 Å². The van der Waals surface area contributed by atoms with E-state index in [0.29, 0.717) is 16.9 Å². The third-order valence-electron chi connectivity index (χ3n) is 4.17. The van der Waals surface area contributed by atoms with Crippen molar-refractivity contribution in [2.24, 2.45) is 5.10 Å². The molecule has 0 spiro atoms. The van der Waals surface area contributed by atoms with E-state index in [-0.39, 0.29) is 17.3 Å².